The van der Waals surface area contributed by atoms with Crippen LogP contribution in [0.2, 0.25) is 0 Å². The fourth-order valence-corrected chi connectivity index (χ4v) is 3.09. The van der Waals surface area contributed by atoms with Gasteiger partial charge in [-0.05, 0) is 18.6 Å². The van der Waals surface area contributed by atoms with Crippen LogP contribution < -0.4 is 14.2 Å². The molecule has 7 nitrogen and oxygen atoms in total. The number of furan rings is 1. The van der Waals surface area contributed by atoms with Crippen LogP contribution in [0.3, 0.4) is 0 Å². The molecule has 0 aliphatic heterocycles. The first-order valence-electron chi connectivity index (χ1n) is 8.00. The summed E-state index contributed by atoms with van der Waals surface area (Å²) in [4.78, 5) is 9.17. The topological polar surface area (TPSA) is 83.2 Å². The predicted octanol–water partition coefficient (Wildman–Crippen LogP) is 3.98. The lowest BCUT2D eigenvalue weighted by atomic mass is 9.96. The zero-order valence-corrected chi connectivity index (χ0v) is 15.2. The Balaban J connectivity index is 2.41. The molecule has 3 rings (SSSR count). The molecule has 0 aliphatic carbocycles. The summed E-state index contributed by atoms with van der Waals surface area (Å²) in [6.45, 7) is 5.64. The molecule has 7 heteroatoms. The van der Waals surface area contributed by atoms with Gasteiger partial charge < -0.3 is 18.6 Å². The van der Waals surface area contributed by atoms with Crippen molar-refractivity contribution in [2.45, 2.75) is 19.4 Å². The largest absolute Gasteiger partial charge is 0.495 e. The highest BCUT2D eigenvalue weighted by Gasteiger charge is 2.25. The fraction of sp³-hybridized carbons (Fsp3) is 0.316. The summed E-state index contributed by atoms with van der Waals surface area (Å²) >= 11 is 0. The molecule has 0 saturated heterocycles. The SMILES string of the molecule is C=C(C)[C@H](Cc1c(OC)c(OC)cc2nc3occc3c(OC)c12)OO. The first-order chi connectivity index (χ1) is 12.5. The minimum Gasteiger partial charge on any atom is -0.495 e. The van der Waals surface area contributed by atoms with Gasteiger partial charge in [0.15, 0.2) is 11.5 Å². The molecule has 0 saturated carbocycles. The van der Waals surface area contributed by atoms with E-state index in [-0.39, 0.29) is 0 Å². The third-order valence-corrected chi connectivity index (χ3v) is 4.36. The Morgan fingerprint density at radius 1 is 1.23 bits per heavy atom. The molecule has 1 N–H and O–H groups in total. The molecule has 2 aromatic heterocycles. The number of hydrogen-bond acceptors (Lipinski definition) is 7. The Labute approximate surface area is 150 Å². The molecule has 0 amide bonds. The first-order valence-corrected chi connectivity index (χ1v) is 8.00. The van der Waals surface area contributed by atoms with Crippen LogP contribution in [0.15, 0.2) is 35.0 Å². The third kappa shape index (κ3) is 2.85. The van der Waals surface area contributed by atoms with Crippen molar-refractivity contribution in [1.82, 2.24) is 4.98 Å². The summed E-state index contributed by atoms with van der Waals surface area (Å²) in [5, 5.41) is 10.8. The van der Waals surface area contributed by atoms with Crippen molar-refractivity contribution in [3.63, 3.8) is 0 Å². The van der Waals surface area contributed by atoms with E-state index in [0.717, 1.165) is 16.3 Å². The van der Waals surface area contributed by atoms with Crippen LogP contribution in [-0.4, -0.2) is 37.7 Å². The molecule has 2 heterocycles. The van der Waals surface area contributed by atoms with E-state index in [1.165, 1.54) is 0 Å². The zero-order chi connectivity index (χ0) is 18.8. The van der Waals surface area contributed by atoms with Gasteiger partial charge in [0, 0.05) is 18.1 Å². The van der Waals surface area contributed by atoms with E-state index in [1.54, 1.807) is 46.6 Å². The molecule has 0 fully saturated rings. The van der Waals surface area contributed by atoms with E-state index in [4.69, 9.17) is 18.6 Å². The predicted molar refractivity (Wildman–Crippen MR) is 97.2 cm³/mol. The van der Waals surface area contributed by atoms with Gasteiger partial charge in [-0.15, -0.1) is 0 Å². The van der Waals surface area contributed by atoms with Gasteiger partial charge >= 0.3 is 0 Å². The monoisotopic (exact) mass is 359 g/mol. The molecule has 0 bridgehead atoms. The normalized spacial score (nSPS) is 12.3. The van der Waals surface area contributed by atoms with Gasteiger partial charge in [-0.1, -0.05) is 6.58 Å². The van der Waals surface area contributed by atoms with Crippen LogP contribution in [-0.2, 0) is 11.3 Å². The Hall–Kier alpha value is -2.77. The second-order valence-electron chi connectivity index (χ2n) is 5.91. The van der Waals surface area contributed by atoms with Gasteiger partial charge in [0.1, 0.15) is 11.9 Å². The number of rotatable bonds is 7. The van der Waals surface area contributed by atoms with Crippen molar-refractivity contribution < 1.29 is 28.8 Å². The number of nitrogens with zero attached hydrogens (tertiary/aromatic N) is 1. The van der Waals surface area contributed by atoms with Crippen molar-refractivity contribution in [2.75, 3.05) is 21.3 Å². The molecule has 138 valence electrons. The van der Waals surface area contributed by atoms with E-state index >= 15 is 0 Å². The summed E-state index contributed by atoms with van der Waals surface area (Å²) < 4.78 is 22.2. The summed E-state index contributed by atoms with van der Waals surface area (Å²) in [5.74, 6) is 1.63. The average Bonchev–Trinajstić information content (AvgIpc) is 3.10. The van der Waals surface area contributed by atoms with E-state index in [1.807, 2.05) is 0 Å². The first kappa shape index (κ1) is 18.0. The number of aromatic nitrogens is 1. The average molecular weight is 359 g/mol. The van der Waals surface area contributed by atoms with Gasteiger partial charge in [0.05, 0.1) is 43.9 Å². The fourth-order valence-electron chi connectivity index (χ4n) is 3.09. The van der Waals surface area contributed by atoms with Crippen LogP contribution in [0.1, 0.15) is 12.5 Å². The van der Waals surface area contributed by atoms with E-state index in [0.29, 0.717) is 40.5 Å². The van der Waals surface area contributed by atoms with Crippen molar-refractivity contribution in [2.24, 2.45) is 0 Å². The Kier molecular flexibility index (Phi) is 5.01. The van der Waals surface area contributed by atoms with E-state index in [2.05, 4.69) is 16.5 Å². The summed E-state index contributed by atoms with van der Waals surface area (Å²) in [7, 11) is 4.69. The highest BCUT2D eigenvalue weighted by molar-refractivity contribution is 6.02. The van der Waals surface area contributed by atoms with Crippen LogP contribution >= 0.6 is 0 Å². The Morgan fingerprint density at radius 2 is 1.96 bits per heavy atom. The number of methoxy groups -OCH3 is 3. The van der Waals surface area contributed by atoms with Crippen LogP contribution in [0, 0.1) is 0 Å². The lowest BCUT2D eigenvalue weighted by Crippen LogP contribution is -2.16. The van der Waals surface area contributed by atoms with Crippen molar-refractivity contribution in [3.05, 3.63) is 36.1 Å². The molecular formula is C19H21NO6. The lowest BCUT2D eigenvalue weighted by Gasteiger charge is -2.20. The molecule has 1 aromatic carbocycles. The zero-order valence-electron chi connectivity index (χ0n) is 15.2. The van der Waals surface area contributed by atoms with Gasteiger partial charge in [-0.3, -0.25) is 5.26 Å². The summed E-state index contributed by atoms with van der Waals surface area (Å²) in [5.41, 5.74) is 2.48. The Bertz CT molecular complexity index is 962. The van der Waals surface area contributed by atoms with E-state index < -0.39 is 6.10 Å². The van der Waals surface area contributed by atoms with Crippen LogP contribution in [0.4, 0.5) is 0 Å². The maximum absolute atomic E-state index is 9.29. The van der Waals surface area contributed by atoms with Crippen LogP contribution in [0.25, 0.3) is 22.0 Å². The number of ether oxygens (including phenoxy) is 3. The highest BCUT2D eigenvalue weighted by Crippen LogP contribution is 2.44. The van der Waals surface area contributed by atoms with Crippen molar-refractivity contribution in [3.8, 4) is 17.2 Å². The number of pyridine rings is 1. The van der Waals surface area contributed by atoms with E-state index in [9.17, 15) is 5.26 Å². The van der Waals surface area contributed by atoms with Crippen molar-refractivity contribution in [1.29, 1.82) is 0 Å². The molecule has 26 heavy (non-hydrogen) atoms. The summed E-state index contributed by atoms with van der Waals surface area (Å²) in [6.07, 6.45) is 1.23. The van der Waals surface area contributed by atoms with Gasteiger partial charge in [0.2, 0.25) is 5.71 Å². The minimum atomic E-state index is -0.621. The standard InChI is InChI=1S/C19H21NO6/c1-10(2)14(26-21)8-12-16-13(9-15(22-3)17(12)23-4)20-19-11(6-7-25-19)18(16)24-5/h6-7,9,14,21H,1,8H2,2-5H3/t14-/m0/s1. The molecule has 3 aromatic rings. The second kappa shape index (κ2) is 7.23. The minimum absolute atomic E-state index is 0.296. The Morgan fingerprint density at radius 3 is 2.54 bits per heavy atom. The highest BCUT2D eigenvalue weighted by atomic mass is 17.1. The molecule has 0 spiro atoms. The molecule has 0 aliphatic rings. The number of fused-ring (bicyclic) bond motifs is 2. The smallest absolute Gasteiger partial charge is 0.230 e. The number of benzene rings is 1. The second-order valence-corrected chi connectivity index (χ2v) is 5.91. The lowest BCUT2D eigenvalue weighted by molar-refractivity contribution is -0.267. The third-order valence-electron chi connectivity index (χ3n) is 4.36. The van der Waals surface area contributed by atoms with Crippen molar-refractivity contribution >= 4 is 22.0 Å². The van der Waals surface area contributed by atoms with Crippen LogP contribution in [0.5, 0.6) is 17.2 Å². The quantitative estimate of drug-likeness (QED) is 0.388. The molecule has 1 atom stereocenters. The van der Waals surface area contributed by atoms with Gasteiger partial charge in [0.25, 0.3) is 0 Å². The maximum atomic E-state index is 9.29. The molecular weight excluding hydrogens is 338 g/mol. The summed E-state index contributed by atoms with van der Waals surface area (Å²) in [6, 6.07) is 3.55. The number of hydrogen-bond donors (Lipinski definition) is 1. The maximum Gasteiger partial charge on any atom is 0.230 e. The molecule has 0 unspecified atom stereocenters. The molecule has 0 radical (unpaired) electrons. The van der Waals surface area contributed by atoms with Gasteiger partial charge in [-0.2, -0.15) is 0 Å². The van der Waals surface area contributed by atoms with Gasteiger partial charge in [-0.25, -0.2) is 9.87 Å².